The predicted octanol–water partition coefficient (Wildman–Crippen LogP) is 2.97. The fraction of sp³-hybridized carbons (Fsp3) is 0.625. The molecule has 1 aromatic rings. The summed E-state index contributed by atoms with van der Waals surface area (Å²) >= 11 is 0. The van der Waals surface area contributed by atoms with E-state index in [-0.39, 0.29) is 12.0 Å². The Balaban J connectivity index is 2.09. The molecule has 1 aliphatic heterocycles. The normalized spacial score (nSPS) is 22.4. The van der Waals surface area contributed by atoms with Gasteiger partial charge in [-0.1, -0.05) is 6.07 Å². The zero-order valence-corrected chi connectivity index (χ0v) is 12.5. The van der Waals surface area contributed by atoms with E-state index in [1.165, 1.54) is 0 Å². The van der Waals surface area contributed by atoms with Crippen LogP contribution in [0.5, 0.6) is 0 Å². The Kier molecular flexibility index (Phi) is 4.43. The smallest absolute Gasteiger partial charge is 0.309 e. The highest BCUT2D eigenvalue weighted by molar-refractivity contribution is 5.74. The molecule has 0 saturated carbocycles. The van der Waals surface area contributed by atoms with Gasteiger partial charge in [0.05, 0.1) is 11.1 Å². The van der Waals surface area contributed by atoms with Crippen molar-refractivity contribution in [2.75, 3.05) is 13.1 Å². The first-order valence-electron chi connectivity index (χ1n) is 7.31. The minimum Gasteiger partial charge on any atom is -0.481 e. The number of piperidine rings is 1. The molecule has 1 saturated heterocycles. The lowest BCUT2D eigenvalue weighted by Crippen LogP contribution is -2.45. The first-order valence-corrected chi connectivity index (χ1v) is 7.31. The van der Waals surface area contributed by atoms with Gasteiger partial charge in [-0.2, -0.15) is 0 Å². The van der Waals surface area contributed by atoms with E-state index >= 15 is 0 Å². The number of nitrogens with zero attached hydrogens (tertiary/aromatic N) is 2. The Bertz CT molecular complexity index is 459. The Morgan fingerprint density at radius 3 is 2.85 bits per heavy atom. The molecule has 0 aliphatic carbocycles. The molecule has 2 unspecified atom stereocenters. The fourth-order valence-corrected chi connectivity index (χ4v) is 2.93. The monoisotopic (exact) mass is 276 g/mol. The molecule has 1 fully saturated rings. The molecule has 4 nitrogen and oxygen atoms in total. The summed E-state index contributed by atoms with van der Waals surface area (Å²) in [5.74, 6) is -0.505. The number of carboxylic acids is 1. The molecular weight excluding hydrogens is 252 g/mol. The van der Waals surface area contributed by atoms with Gasteiger partial charge >= 0.3 is 5.97 Å². The molecule has 4 heteroatoms. The van der Waals surface area contributed by atoms with Crippen molar-refractivity contribution >= 4 is 5.97 Å². The zero-order chi connectivity index (χ0) is 14.8. The molecular formula is C16H24N2O2. The minimum atomic E-state index is -0.699. The number of hydrogen-bond donors (Lipinski definition) is 1. The van der Waals surface area contributed by atoms with Crippen molar-refractivity contribution in [3.05, 3.63) is 30.1 Å². The molecule has 1 N–H and O–H groups in total. The standard InChI is InChI=1S/C16H24N2O2/c1-12(14-8-4-5-9-17-14)18-10-6-7-13(11-18)16(2,3)15(19)20/h4-5,8-9,12-13H,6-7,10-11H2,1-3H3,(H,19,20). The number of carboxylic acid groups (broad SMARTS) is 1. The summed E-state index contributed by atoms with van der Waals surface area (Å²) in [5, 5.41) is 9.40. The second-order valence-corrected chi connectivity index (χ2v) is 6.29. The summed E-state index contributed by atoms with van der Waals surface area (Å²) in [4.78, 5) is 18.2. The van der Waals surface area contributed by atoms with E-state index in [1.807, 2.05) is 38.2 Å². The molecule has 2 rings (SSSR count). The van der Waals surface area contributed by atoms with Crippen LogP contribution in [-0.4, -0.2) is 34.0 Å². The van der Waals surface area contributed by atoms with Crippen LogP contribution in [0.25, 0.3) is 0 Å². The van der Waals surface area contributed by atoms with E-state index in [9.17, 15) is 9.90 Å². The van der Waals surface area contributed by atoms with Gasteiger partial charge in [0.25, 0.3) is 0 Å². The summed E-state index contributed by atoms with van der Waals surface area (Å²) in [6.07, 6.45) is 3.86. The fourth-order valence-electron chi connectivity index (χ4n) is 2.93. The maximum absolute atomic E-state index is 11.4. The molecule has 0 amide bonds. The lowest BCUT2D eigenvalue weighted by molar-refractivity contribution is -0.151. The quantitative estimate of drug-likeness (QED) is 0.918. The summed E-state index contributed by atoms with van der Waals surface area (Å²) in [5.41, 5.74) is 0.393. The number of carbonyl (C=O) groups is 1. The Labute approximate surface area is 120 Å². The summed E-state index contributed by atoms with van der Waals surface area (Å²) < 4.78 is 0. The maximum Gasteiger partial charge on any atom is 0.309 e. The third-order valence-corrected chi connectivity index (χ3v) is 4.69. The molecule has 110 valence electrons. The van der Waals surface area contributed by atoms with Crippen molar-refractivity contribution in [2.45, 2.75) is 39.7 Å². The Hall–Kier alpha value is -1.42. The van der Waals surface area contributed by atoms with Crippen LogP contribution in [0.15, 0.2) is 24.4 Å². The van der Waals surface area contributed by atoms with Crippen molar-refractivity contribution in [1.82, 2.24) is 9.88 Å². The van der Waals surface area contributed by atoms with Crippen LogP contribution >= 0.6 is 0 Å². The SMILES string of the molecule is CC(c1ccccn1)N1CCCC(C(C)(C)C(=O)O)C1. The summed E-state index contributed by atoms with van der Waals surface area (Å²) in [6.45, 7) is 7.68. The number of aliphatic carboxylic acids is 1. The van der Waals surface area contributed by atoms with Gasteiger partial charge in [-0.05, 0) is 58.2 Å². The van der Waals surface area contributed by atoms with Crippen molar-refractivity contribution in [3.8, 4) is 0 Å². The van der Waals surface area contributed by atoms with Crippen LogP contribution in [0, 0.1) is 11.3 Å². The second-order valence-electron chi connectivity index (χ2n) is 6.29. The highest BCUT2D eigenvalue weighted by Crippen LogP contribution is 2.36. The molecule has 1 aliphatic rings. The second kappa shape index (κ2) is 5.92. The minimum absolute atomic E-state index is 0.194. The van der Waals surface area contributed by atoms with Crippen LogP contribution in [0.4, 0.5) is 0 Å². The predicted molar refractivity (Wildman–Crippen MR) is 78.4 cm³/mol. The zero-order valence-electron chi connectivity index (χ0n) is 12.5. The molecule has 2 heterocycles. The van der Waals surface area contributed by atoms with Crippen LogP contribution in [0.2, 0.25) is 0 Å². The topological polar surface area (TPSA) is 53.4 Å². The average Bonchev–Trinajstić information content (AvgIpc) is 2.47. The molecule has 2 atom stereocenters. The molecule has 0 bridgehead atoms. The number of hydrogen-bond acceptors (Lipinski definition) is 3. The van der Waals surface area contributed by atoms with Gasteiger partial charge in [-0.3, -0.25) is 14.7 Å². The number of likely N-dealkylation sites (tertiary alicyclic amines) is 1. The van der Waals surface area contributed by atoms with E-state index in [0.717, 1.165) is 31.6 Å². The summed E-state index contributed by atoms with van der Waals surface area (Å²) in [6, 6.07) is 6.20. The van der Waals surface area contributed by atoms with Gasteiger partial charge in [0, 0.05) is 18.8 Å². The highest BCUT2D eigenvalue weighted by Gasteiger charge is 2.39. The van der Waals surface area contributed by atoms with Gasteiger partial charge in [-0.25, -0.2) is 0 Å². The molecule has 0 spiro atoms. The summed E-state index contributed by atoms with van der Waals surface area (Å²) in [7, 11) is 0. The van der Waals surface area contributed by atoms with Gasteiger partial charge in [0.2, 0.25) is 0 Å². The molecule has 0 aromatic carbocycles. The third kappa shape index (κ3) is 3.01. The Morgan fingerprint density at radius 2 is 2.25 bits per heavy atom. The van der Waals surface area contributed by atoms with E-state index in [2.05, 4.69) is 16.8 Å². The number of rotatable bonds is 4. The highest BCUT2D eigenvalue weighted by atomic mass is 16.4. The van der Waals surface area contributed by atoms with Crippen molar-refractivity contribution in [2.24, 2.45) is 11.3 Å². The van der Waals surface area contributed by atoms with E-state index in [0.29, 0.717) is 0 Å². The average molecular weight is 276 g/mol. The van der Waals surface area contributed by atoms with Gasteiger partial charge in [-0.15, -0.1) is 0 Å². The maximum atomic E-state index is 11.4. The van der Waals surface area contributed by atoms with E-state index in [4.69, 9.17) is 0 Å². The molecule has 1 aromatic heterocycles. The van der Waals surface area contributed by atoms with E-state index < -0.39 is 11.4 Å². The number of aromatic nitrogens is 1. The lowest BCUT2D eigenvalue weighted by Gasteiger charge is -2.41. The Morgan fingerprint density at radius 1 is 1.50 bits per heavy atom. The lowest BCUT2D eigenvalue weighted by atomic mass is 9.74. The van der Waals surface area contributed by atoms with Crippen LogP contribution in [-0.2, 0) is 4.79 Å². The third-order valence-electron chi connectivity index (χ3n) is 4.69. The van der Waals surface area contributed by atoms with Gasteiger partial charge in [0.1, 0.15) is 0 Å². The molecule has 20 heavy (non-hydrogen) atoms. The first-order chi connectivity index (χ1) is 9.43. The van der Waals surface area contributed by atoms with Crippen LogP contribution in [0.1, 0.15) is 45.3 Å². The van der Waals surface area contributed by atoms with Crippen LogP contribution < -0.4 is 0 Å². The van der Waals surface area contributed by atoms with Gasteiger partial charge < -0.3 is 5.11 Å². The van der Waals surface area contributed by atoms with Gasteiger partial charge in [0.15, 0.2) is 0 Å². The van der Waals surface area contributed by atoms with E-state index in [1.54, 1.807) is 0 Å². The van der Waals surface area contributed by atoms with Crippen molar-refractivity contribution < 1.29 is 9.90 Å². The molecule has 0 radical (unpaired) electrons. The first kappa shape index (κ1) is 15.0. The largest absolute Gasteiger partial charge is 0.481 e. The van der Waals surface area contributed by atoms with Crippen molar-refractivity contribution in [3.63, 3.8) is 0 Å². The van der Waals surface area contributed by atoms with Crippen LogP contribution in [0.3, 0.4) is 0 Å². The number of pyridine rings is 1. The van der Waals surface area contributed by atoms with Crippen molar-refractivity contribution in [1.29, 1.82) is 0 Å².